The van der Waals surface area contributed by atoms with E-state index in [1.54, 1.807) is 12.2 Å². The van der Waals surface area contributed by atoms with Gasteiger partial charge in [-0.2, -0.15) is 15.8 Å². The second-order valence-corrected chi connectivity index (χ2v) is 5.22. The summed E-state index contributed by atoms with van der Waals surface area (Å²) in [5.41, 5.74) is 3.93. The van der Waals surface area contributed by atoms with Crippen molar-refractivity contribution in [3.63, 3.8) is 0 Å². The van der Waals surface area contributed by atoms with Gasteiger partial charge in [0, 0.05) is 0 Å². The zero-order chi connectivity index (χ0) is 17.4. The molecule has 2 rings (SSSR count). The largest absolute Gasteiger partial charge is 0.258 e. The number of rotatable bonds is 3. The summed E-state index contributed by atoms with van der Waals surface area (Å²) < 4.78 is 0. The van der Waals surface area contributed by atoms with E-state index in [-0.39, 0.29) is 11.1 Å². The van der Waals surface area contributed by atoms with Crippen LogP contribution in [0.2, 0.25) is 0 Å². The highest BCUT2D eigenvalue weighted by atomic mass is 14.3. The molecular formula is C20H14N4. The van der Waals surface area contributed by atoms with Gasteiger partial charge in [0.05, 0.1) is 0 Å². The smallest absolute Gasteiger partial charge is 0.129 e. The molecule has 0 aliphatic heterocycles. The standard InChI is InChI=1S/C20H14N4/c21-11-15(12-22)9-18-7-4-8-19(10-16(13-23)14-24)20(18)17-5-2-1-3-6-17/h1-3,5-6,9-10,21H,4,7-8H2. The van der Waals surface area contributed by atoms with Crippen molar-refractivity contribution in [3.8, 4) is 18.2 Å². The fourth-order valence-electron chi connectivity index (χ4n) is 2.72. The zero-order valence-electron chi connectivity index (χ0n) is 13.0. The summed E-state index contributed by atoms with van der Waals surface area (Å²) in [7, 11) is 0. The molecule has 0 radical (unpaired) electrons. The Kier molecular flexibility index (Phi) is 5.65. The molecule has 0 aromatic heterocycles. The van der Waals surface area contributed by atoms with Crippen molar-refractivity contribution in [2.75, 3.05) is 0 Å². The second-order valence-electron chi connectivity index (χ2n) is 5.22. The van der Waals surface area contributed by atoms with Crippen LogP contribution in [0.15, 0.2) is 64.8 Å². The maximum Gasteiger partial charge on any atom is 0.129 e. The molecule has 0 unspecified atom stereocenters. The highest BCUT2D eigenvalue weighted by molar-refractivity contribution is 5.86. The fourth-order valence-corrected chi connectivity index (χ4v) is 2.72. The van der Waals surface area contributed by atoms with Crippen molar-refractivity contribution in [3.05, 3.63) is 70.3 Å². The molecule has 24 heavy (non-hydrogen) atoms. The number of allylic oxidation sites excluding steroid dienone is 7. The van der Waals surface area contributed by atoms with Gasteiger partial charge in [0.1, 0.15) is 29.4 Å². The van der Waals surface area contributed by atoms with Gasteiger partial charge in [-0.05, 0) is 59.6 Å². The Hall–Kier alpha value is -3.64. The topological polar surface area (TPSA) is 95.2 Å². The number of nitrogens with zero attached hydrogens (tertiary/aromatic N) is 3. The number of nitriles is 3. The molecule has 1 aromatic rings. The van der Waals surface area contributed by atoms with E-state index in [4.69, 9.17) is 21.2 Å². The lowest BCUT2D eigenvalue weighted by Gasteiger charge is -2.22. The molecule has 1 aromatic carbocycles. The molecule has 0 bridgehead atoms. The van der Waals surface area contributed by atoms with Gasteiger partial charge in [0.15, 0.2) is 0 Å². The van der Waals surface area contributed by atoms with Crippen LogP contribution < -0.4 is 0 Å². The van der Waals surface area contributed by atoms with Crippen LogP contribution in [0.4, 0.5) is 0 Å². The van der Waals surface area contributed by atoms with Crippen molar-refractivity contribution in [1.82, 2.24) is 0 Å². The molecule has 1 aliphatic rings. The molecule has 114 valence electrons. The molecular weight excluding hydrogens is 296 g/mol. The summed E-state index contributed by atoms with van der Waals surface area (Å²) in [6, 6.07) is 15.4. The Labute approximate surface area is 141 Å². The minimum atomic E-state index is 0.0581. The van der Waals surface area contributed by atoms with E-state index in [0.29, 0.717) is 0 Å². The third-order valence-corrected chi connectivity index (χ3v) is 3.73. The van der Waals surface area contributed by atoms with E-state index in [1.165, 1.54) is 0 Å². The van der Waals surface area contributed by atoms with E-state index < -0.39 is 0 Å². The van der Waals surface area contributed by atoms with Crippen LogP contribution in [0.3, 0.4) is 0 Å². The average Bonchev–Trinajstić information content (AvgIpc) is 2.64. The van der Waals surface area contributed by atoms with Crippen LogP contribution in [0.5, 0.6) is 0 Å². The molecule has 4 nitrogen and oxygen atoms in total. The van der Waals surface area contributed by atoms with Gasteiger partial charge in [0.2, 0.25) is 0 Å². The quantitative estimate of drug-likeness (QED) is 0.668. The van der Waals surface area contributed by atoms with Crippen molar-refractivity contribution >= 4 is 11.4 Å². The first kappa shape index (κ1) is 16.7. The highest BCUT2D eigenvalue weighted by Gasteiger charge is 2.19. The van der Waals surface area contributed by atoms with Crippen LogP contribution in [-0.4, -0.2) is 5.87 Å². The minimum absolute atomic E-state index is 0.0581. The van der Waals surface area contributed by atoms with E-state index in [0.717, 1.165) is 41.5 Å². The lowest BCUT2D eigenvalue weighted by molar-refractivity contribution is 0.805. The highest BCUT2D eigenvalue weighted by Crippen LogP contribution is 2.38. The number of nitrogens with one attached hydrogen (secondary N) is 1. The first-order valence-electron chi connectivity index (χ1n) is 7.44. The number of hydrogen-bond acceptors (Lipinski definition) is 4. The summed E-state index contributed by atoms with van der Waals surface area (Å²) in [6.07, 6.45) is 5.67. The molecule has 0 fully saturated rings. The summed E-state index contributed by atoms with van der Waals surface area (Å²) >= 11 is 0. The van der Waals surface area contributed by atoms with E-state index in [2.05, 4.69) is 5.87 Å². The fraction of sp³-hybridized carbons (Fsp3) is 0.150. The molecule has 1 N–H and O–H groups in total. The SMILES string of the molecule is N#CC(=C=N)C=C1CCCC(C=C(C#N)C#N)=C1c1ccccc1. The van der Waals surface area contributed by atoms with Crippen LogP contribution in [0.1, 0.15) is 24.8 Å². The maximum absolute atomic E-state index is 9.07. The summed E-state index contributed by atoms with van der Waals surface area (Å²) in [5.74, 6) is 2.14. The molecule has 0 saturated carbocycles. The van der Waals surface area contributed by atoms with Crippen LogP contribution in [0.25, 0.3) is 5.57 Å². The maximum atomic E-state index is 9.07. The summed E-state index contributed by atoms with van der Waals surface area (Å²) in [6.45, 7) is 0. The Balaban J connectivity index is 2.73. The average molecular weight is 310 g/mol. The number of benzene rings is 1. The Morgan fingerprint density at radius 2 is 1.71 bits per heavy atom. The van der Waals surface area contributed by atoms with Crippen LogP contribution >= 0.6 is 0 Å². The van der Waals surface area contributed by atoms with Gasteiger partial charge < -0.3 is 0 Å². The predicted molar refractivity (Wildman–Crippen MR) is 91.5 cm³/mol. The molecule has 0 spiro atoms. The van der Waals surface area contributed by atoms with Crippen molar-refractivity contribution in [1.29, 1.82) is 21.2 Å². The third-order valence-electron chi connectivity index (χ3n) is 3.73. The van der Waals surface area contributed by atoms with Crippen molar-refractivity contribution in [2.24, 2.45) is 0 Å². The summed E-state index contributed by atoms with van der Waals surface area (Å²) in [4.78, 5) is 0. The van der Waals surface area contributed by atoms with Crippen LogP contribution in [0, 0.1) is 39.4 Å². The zero-order valence-corrected chi connectivity index (χ0v) is 13.0. The second kappa shape index (κ2) is 8.11. The van der Waals surface area contributed by atoms with E-state index in [1.807, 2.05) is 48.5 Å². The van der Waals surface area contributed by atoms with Crippen molar-refractivity contribution in [2.45, 2.75) is 19.3 Å². The van der Waals surface area contributed by atoms with Gasteiger partial charge in [-0.25, -0.2) is 0 Å². The van der Waals surface area contributed by atoms with E-state index >= 15 is 0 Å². The molecule has 0 saturated heterocycles. The lowest BCUT2D eigenvalue weighted by Crippen LogP contribution is -2.03. The van der Waals surface area contributed by atoms with Gasteiger partial charge >= 0.3 is 0 Å². The van der Waals surface area contributed by atoms with Crippen LogP contribution in [-0.2, 0) is 0 Å². The molecule has 1 aliphatic carbocycles. The van der Waals surface area contributed by atoms with E-state index in [9.17, 15) is 0 Å². The monoisotopic (exact) mass is 310 g/mol. The first-order chi connectivity index (χ1) is 11.7. The van der Waals surface area contributed by atoms with Gasteiger partial charge in [-0.3, -0.25) is 5.41 Å². The lowest BCUT2D eigenvalue weighted by atomic mass is 9.82. The third kappa shape index (κ3) is 3.76. The van der Waals surface area contributed by atoms with Crippen molar-refractivity contribution < 1.29 is 0 Å². The Morgan fingerprint density at radius 1 is 1.00 bits per heavy atom. The first-order valence-corrected chi connectivity index (χ1v) is 7.44. The summed E-state index contributed by atoms with van der Waals surface area (Å²) in [5, 5.41) is 34.4. The van der Waals surface area contributed by atoms with Gasteiger partial charge in [0.25, 0.3) is 0 Å². The Bertz CT molecular complexity index is 887. The van der Waals surface area contributed by atoms with Gasteiger partial charge in [-0.1, -0.05) is 30.3 Å². The predicted octanol–water partition coefficient (Wildman–Crippen LogP) is 4.22. The van der Waals surface area contributed by atoms with Gasteiger partial charge in [-0.15, -0.1) is 0 Å². The number of hydrogen-bond donors (Lipinski definition) is 1. The Morgan fingerprint density at radius 3 is 2.29 bits per heavy atom. The normalized spacial score (nSPS) is 14.8. The molecule has 0 amide bonds. The molecule has 0 atom stereocenters. The minimum Gasteiger partial charge on any atom is -0.258 e. The molecule has 0 heterocycles. The molecule has 4 heteroatoms.